The maximum Gasteiger partial charge on any atom is 0.303 e. The summed E-state index contributed by atoms with van der Waals surface area (Å²) in [7, 11) is 0. The monoisotopic (exact) mass is 350 g/mol. The fourth-order valence-electron chi connectivity index (χ4n) is 2.74. The van der Waals surface area contributed by atoms with Crippen LogP contribution in [-0.2, 0) is 16.1 Å². The van der Waals surface area contributed by atoms with Crippen molar-refractivity contribution in [2.45, 2.75) is 70.8 Å². The van der Waals surface area contributed by atoms with Gasteiger partial charge in [-0.1, -0.05) is 38.5 Å². The minimum absolute atomic E-state index is 0.0176. The fraction of sp³-hybridized carbons (Fsp3) is 0.632. The molecule has 1 aromatic heterocycles. The Hall–Kier alpha value is -2.11. The maximum absolute atomic E-state index is 11.8. The highest BCUT2D eigenvalue weighted by molar-refractivity contribution is 5.76. The third-order valence-corrected chi connectivity index (χ3v) is 4.20. The van der Waals surface area contributed by atoms with Gasteiger partial charge in [-0.3, -0.25) is 14.4 Å². The van der Waals surface area contributed by atoms with Crippen molar-refractivity contribution >= 4 is 18.2 Å². The molecule has 25 heavy (non-hydrogen) atoms. The molecule has 0 radical (unpaired) electrons. The van der Waals surface area contributed by atoms with Crippen LogP contribution in [-0.4, -0.2) is 34.4 Å². The van der Waals surface area contributed by atoms with Gasteiger partial charge in [0.05, 0.1) is 5.69 Å². The highest BCUT2D eigenvalue weighted by Gasteiger charge is 2.04. The van der Waals surface area contributed by atoms with Crippen molar-refractivity contribution in [2.75, 3.05) is 6.54 Å². The Bertz CT molecular complexity index is 525. The van der Waals surface area contributed by atoms with Gasteiger partial charge in [0.1, 0.15) is 0 Å². The molecule has 1 amide bonds. The molecule has 0 unspecified atom stereocenters. The summed E-state index contributed by atoms with van der Waals surface area (Å²) < 4.78 is 1.78. The topological polar surface area (TPSA) is 88.4 Å². The minimum Gasteiger partial charge on any atom is -0.481 e. The van der Waals surface area contributed by atoms with Gasteiger partial charge >= 0.3 is 5.97 Å². The standard InChI is InChI=1S/C19H30N2O4/c22-16-17-10-9-14-21(17)15-12-18(23)20-13-8-6-4-2-1-3-5-7-11-19(24)25/h9-10,14,16H,1-8,11-13,15H2,(H,20,23)(H,24,25). The summed E-state index contributed by atoms with van der Waals surface area (Å²) in [5.41, 5.74) is 0.593. The number of nitrogens with zero attached hydrogens (tertiary/aromatic N) is 1. The number of aryl methyl sites for hydroxylation is 1. The number of hydrogen-bond donors (Lipinski definition) is 2. The molecule has 0 saturated carbocycles. The van der Waals surface area contributed by atoms with Crippen molar-refractivity contribution in [2.24, 2.45) is 0 Å². The van der Waals surface area contributed by atoms with E-state index in [0.717, 1.165) is 51.2 Å². The van der Waals surface area contributed by atoms with E-state index in [1.807, 2.05) is 0 Å². The normalized spacial score (nSPS) is 10.6. The number of unbranched alkanes of at least 4 members (excludes halogenated alkanes) is 7. The molecular weight excluding hydrogens is 320 g/mol. The molecule has 0 saturated heterocycles. The summed E-state index contributed by atoms with van der Waals surface area (Å²) >= 11 is 0. The van der Waals surface area contributed by atoms with Crippen molar-refractivity contribution in [1.82, 2.24) is 9.88 Å². The predicted octanol–water partition coefficient (Wildman–Crippen LogP) is 3.40. The lowest BCUT2D eigenvalue weighted by atomic mass is 10.1. The number of nitrogens with one attached hydrogen (secondary N) is 1. The van der Waals surface area contributed by atoms with E-state index in [2.05, 4.69) is 5.32 Å². The number of aliphatic carboxylic acids is 1. The van der Waals surface area contributed by atoms with Crippen LogP contribution in [0.1, 0.15) is 74.7 Å². The molecule has 6 nitrogen and oxygen atoms in total. The van der Waals surface area contributed by atoms with Crippen LogP contribution in [0.4, 0.5) is 0 Å². The number of carbonyl (C=O) groups is 3. The van der Waals surface area contributed by atoms with E-state index in [9.17, 15) is 14.4 Å². The molecule has 0 fully saturated rings. The summed E-state index contributed by atoms with van der Waals surface area (Å²) in [6, 6.07) is 3.53. The maximum atomic E-state index is 11.8. The van der Waals surface area contributed by atoms with Gasteiger partial charge in [0.2, 0.25) is 5.91 Å². The van der Waals surface area contributed by atoms with Gasteiger partial charge in [-0.15, -0.1) is 0 Å². The van der Waals surface area contributed by atoms with Crippen LogP contribution in [0.2, 0.25) is 0 Å². The Balaban J connectivity index is 1.90. The highest BCUT2D eigenvalue weighted by Crippen LogP contribution is 2.09. The van der Waals surface area contributed by atoms with E-state index in [4.69, 9.17) is 5.11 Å². The summed E-state index contributed by atoms with van der Waals surface area (Å²) in [6.45, 7) is 1.22. The molecule has 0 spiro atoms. The van der Waals surface area contributed by atoms with E-state index in [1.54, 1.807) is 22.9 Å². The van der Waals surface area contributed by atoms with Gasteiger partial charge < -0.3 is 15.0 Å². The summed E-state index contributed by atoms with van der Waals surface area (Å²) in [5, 5.41) is 11.5. The van der Waals surface area contributed by atoms with Crippen molar-refractivity contribution < 1.29 is 19.5 Å². The lowest BCUT2D eigenvalue weighted by Crippen LogP contribution is -2.25. The van der Waals surface area contributed by atoms with Crippen molar-refractivity contribution in [3.8, 4) is 0 Å². The second kappa shape index (κ2) is 13.2. The molecule has 6 heteroatoms. The third kappa shape index (κ3) is 10.4. The minimum atomic E-state index is -0.709. The van der Waals surface area contributed by atoms with E-state index in [1.165, 1.54) is 6.42 Å². The van der Waals surface area contributed by atoms with Gasteiger partial charge in [0, 0.05) is 32.1 Å². The van der Waals surface area contributed by atoms with Crippen LogP contribution >= 0.6 is 0 Å². The molecule has 0 atom stereocenters. The average molecular weight is 350 g/mol. The van der Waals surface area contributed by atoms with Crippen LogP contribution in [0.25, 0.3) is 0 Å². The quantitative estimate of drug-likeness (QED) is 0.375. The van der Waals surface area contributed by atoms with E-state index in [-0.39, 0.29) is 12.3 Å². The van der Waals surface area contributed by atoms with Crippen LogP contribution in [0.15, 0.2) is 18.3 Å². The number of carbonyl (C=O) groups excluding carboxylic acids is 2. The number of amides is 1. The molecule has 1 heterocycles. The first-order valence-electron chi connectivity index (χ1n) is 9.22. The van der Waals surface area contributed by atoms with Crippen molar-refractivity contribution in [3.05, 3.63) is 24.0 Å². The largest absolute Gasteiger partial charge is 0.481 e. The molecule has 0 aromatic carbocycles. The molecular formula is C19H30N2O4. The zero-order valence-corrected chi connectivity index (χ0v) is 14.9. The van der Waals surface area contributed by atoms with Gasteiger partial charge in [-0.25, -0.2) is 0 Å². The Kier molecular flexibility index (Phi) is 11.1. The summed E-state index contributed by atoms with van der Waals surface area (Å²) in [5.74, 6) is -0.691. The lowest BCUT2D eigenvalue weighted by Gasteiger charge is -2.07. The second-order valence-corrected chi connectivity index (χ2v) is 6.32. The van der Waals surface area contributed by atoms with Crippen LogP contribution in [0.3, 0.4) is 0 Å². The number of carboxylic acid groups (broad SMARTS) is 1. The number of aromatic nitrogens is 1. The summed E-state index contributed by atoms with van der Waals surface area (Å²) in [6.07, 6.45) is 11.7. The van der Waals surface area contributed by atoms with E-state index in [0.29, 0.717) is 25.2 Å². The lowest BCUT2D eigenvalue weighted by molar-refractivity contribution is -0.137. The SMILES string of the molecule is O=Cc1cccn1CCC(=O)NCCCCCCCCCCC(=O)O. The Labute approximate surface area is 149 Å². The zero-order valence-electron chi connectivity index (χ0n) is 14.9. The Morgan fingerprint density at radius 1 is 1.00 bits per heavy atom. The molecule has 0 aliphatic rings. The average Bonchev–Trinajstić information content (AvgIpc) is 3.05. The van der Waals surface area contributed by atoms with Gasteiger partial charge in [0.25, 0.3) is 0 Å². The van der Waals surface area contributed by atoms with E-state index < -0.39 is 5.97 Å². The van der Waals surface area contributed by atoms with Gasteiger partial charge in [-0.2, -0.15) is 0 Å². The molecule has 0 aliphatic heterocycles. The first-order valence-corrected chi connectivity index (χ1v) is 9.22. The highest BCUT2D eigenvalue weighted by atomic mass is 16.4. The first kappa shape index (κ1) is 20.9. The second-order valence-electron chi connectivity index (χ2n) is 6.32. The molecule has 0 bridgehead atoms. The van der Waals surface area contributed by atoms with Crippen molar-refractivity contribution in [3.63, 3.8) is 0 Å². The van der Waals surface area contributed by atoms with Gasteiger partial charge in [-0.05, 0) is 25.0 Å². The first-order chi connectivity index (χ1) is 12.1. The molecule has 2 N–H and O–H groups in total. The molecule has 0 aliphatic carbocycles. The third-order valence-electron chi connectivity index (χ3n) is 4.20. The predicted molar refractivity (Wildman–Crippen MR) is 96.6 cm³/mol. The summed E-state index contributed by atoms with van der Waals surface area (Å²) in [4.78, 5) is 32.9. The van der Waals surface area contributed by atoms with Gasteiger partial charge in [0.15, 0.2) is 6.29 Å². The molecule has 1 rings (SSSR count). The number of hydrogen-bond acceptors (Lipinski definition) is 3. The number of carboxylic acids is 1. The van der Waals surface area contributed by atoms with Crippen LogP contribution < -0.4 is 5.32 Å². The number of rotatable bonds is 15. The molecule has 140 valence electrons. The Morgan fingerprint density at radius 2 is 1.64 bits per heavy atom. The van der Waals surface area contributed by atoms with Crippen LogP contribution in [0.5, 0.6) is 0 Å². The van der Waals surface area contributed by atoms with Crippen LogP contribution in [0, 0.1) is 0 Å². The number of aldehydes is 1. The Morgan fingerprint density at radius 3 is 2.28 bits per heavy atom. The molecule has 1 aromatic rings. The smallest absolute Gasteiger partial charge is 0.303 e. The van der Waals surface area contributed by atoms with E-state index >= 15 is 0 Å². The zero-order chi connectivity index (χ0) is 18.3. The van der Waals surface area contributed by atoms with Crippen molar-refractivity contribution in [1.29, 1.82) is 0 Å². The fourth-order valence-corrected chi connectivity index (χ4v) is 2.74.